The average molecular weight is 477 g/mol. The summed E-state index contributed by atoms with van der Waals surface area (Å²) >= 11 is 0. The monoisotopic (exact) mass is 477 g/mol. The van der Waals surface area contributed by atoms with Crippen LogP contribution in [0, 0.1) is 5.92 Å². The van der Waals surface area contributed by atoms with Crippen molar-refractivity contribution in [2.24, 2.45) is 5.92 Å². The molecule has 1 atom stereocenters. The summed E-state index contributed by atoms with van der Waals surface area (Å²) in [5, 5.41) is 0. The van der Waals surface area contributed by atoms with Crippen molar-refractivity contribution in [3.8, 4) is 11.5 Å². The molecular weight excluding hydrogens is 451 g/mol. The maximum Gasteiger partial charge on any atom is 0.433 e. The number of carbonyl (C=O) groups excluding carboxylic acids is 1. The Bertz CT molecular complexity index is 1040. The molecule has 2 aromatic rings. The van der Waals surface area contributed by atoms with E-state index < -0.39 is 11.9 Å². The second-order valence-electron chi connectivity index (χ2n) is 8.73. The standard InChI is InChI=1S/C24H26F3N3O4/c25-24(26,27)22-13-17(3-7-28-22)30-9-12-33-21-2-1-18(14-20(21)30)34-19-4-8-29(15-19)23(31)16-5-10-32-11-6-16/h1-3,7,13-14,16,19H,4-6,8-12,15H2. The van der Waals surface area contributed by atoms with Gasteiger partial charge in [-0.3, -0.25) is 9.78 Å². The van der Waals surface area contributed by atoms with Crippen LogP contribution in [0.2, 0.25) is 0 Å². The Hall–Kier alpha value is -3.01. The van der Waals surface area contributed by atoms with E-state index in [0.717, 1.165) is 31.5 Å². The Balaban J connectivity index is 1.30. The highest BCUT2D eigenvalue weighted by atomic mass is 19.4. The van der Waals surface area contributed by atoms with E-state index in [4.69, 9.17) is 14.2 Å². The second-order valence-corrected chi connectivity index (χ2v) is 8.73. The second kappa shape index (κ2) is 9.32. The Morgan fingerprint density at radius 3 is 2.68 bits per heavy atom. The zero-order valence-electron chi connectivity index (χ0n) is 18.6. The van der Waals surface area contributed by atoms with Crippen LogP contribution in [-0.4, -0.2) is 61.3 Å². The quantitative estimate of drug-likeness (QED) is 0.663. The molecule has 4 heterocycles. The minimum Gasteiger partial charge on any atom is -0.490 e. The molecule has 1 unspecified atom stereocenters. The van der Waals surface area contributed by atoms with Crippen molar-refractivity contribution >= 4 is 17.3 Å². The van der Waals surface area contributed by atoms with Crippen LogP contribution in [0.25, 0.3) is 0 Å². The SMILES string of the molecule is O=C(C1CCOCC1)N1CCC(Oc2ccc3c(c2)N(c2ccnc(C(F)(F)F)c2)CCO3)C1. The number of ether oxygens (including phenoxy) is 3. The van der Waals surface area contributed by atoms with Crippen LogP contribution in [0.1, 0.15) is 25.0 Å². The lowest BCUT2D eigenvalue weighted by Gasteiger charge is -2.32. The van der Waals surface area contributed by atoms with Gasteiger partial charge in [0.1, 0.15) is 29.9 Å². The number of nitrogens with zero attached hydrogens (tertiary/aromatic N) is 3. The third-order valence-electron chi connectivity index (χ3n) is 6.47. The number of carbonyl (C=O) groups is 1. The maximum absolute atomic E-state index is 13.2. The van der Waals surface area contributed by atoms with Gasteiger partial charge in [-0.25, -0.2) is 0 Å². The first-order chi connectivity index (χ1) is 16.4. The zero-order chi connectivity index (χ0) is 23.7. The van der Waals surface area contributed by atoms with Gasteiger partial charge >= 0.3 is 6.18 Å². The number of rotatable bonds is 4. The predicted molar refractivity (Wildman–Crippen MR) is 117 cm³/mol. The van der Waals surface area contributed by atoms with Gasteiger partial charge in [-0.15, -0.1) is 0 Å². The summed E-state index contributed by atoms with van der Waals surface area (Å²) in [6.07, 6.45) is -1.26. The first-order valence-electron chi connectivity index (χ1n) is 11.5. The van der Waals surface area contributed by atoms with Crippen LogP contribution >= 0.6 is 0 Å². The van der Waals surface area contributed by atoms with Crippen LogP contribution in [-0.2, 0) is 15.7 Å². The number of alkyl halides is 3. The van der Waals surface area contributed by atoms with Gasteiger partial charge in [-0.1, -0.05) is 0 Å². The summed E-state index contributed by atoms with van der Waals surface area (Å²) in [6.45, 7) is 3.17. The molecule has 2 saturated heterocycles. The lowest BCUT2D eigenvalue weighted by Crippen LogP contribution is -2.38. The highest BCUT2D eigenvalue weighted by Gasteiger charge is 2.34. The van der Waals surface area contributed by atoms with Crippen LogP contribution < -0.4 is 14.4 Å². The van der Waals surface area contributed by atoms with Crippen molar-refractivity contribution in [3.63, 3.8) is 0 Å². The lowest BCUT2D eigenvalue weighted by molar-refractivity contribution is -0.141. The molecule has 10 heteroatoms. The van der Waals surface area contributed by atoms with Gasteiger partial charge in [-0.2, -0.15) is 13.2 Å². The van der Waals surface area contributed by atoms with Gasteiger partial charge < -0.3 is 24.0 Å². The Morgan fingerprint density at radius 2 is 1.88 bits per heavy atom. The van der Waals surface area contributed by atoms with Crippen LogP contribution in [0.15, 0.2) is 36.5 Å². The van der Waals surface area contributed by atoms with E-state index >= 15 is 0 Å². The van der Waals surface area contributed by atoms with Crippen molar-refractivity contribution in [2.75, 3.05) is 44.4 Å². The van der Waals surface area contributed by atoms with Crippen molar-refractivity contribution in [3.05, 3.63) is 42.2 Å². The van der Waals surface area contributed by atoms with E-state index in [1.807, 2.05) is 4.90 Å². The van der Waals surface area contributed by atoms with E-state index in [1.54, 1.807) is 29.2 Å². The van der Waals surface area contributed by atoms with E-state index in [2.05, 4.69) is 4.98 Å². The highest BCUT2D eigenvalue weighted by Crippen LogP contribution is 2.40. The topological polar surface area (TPSA) is 64.1 Å². The molecule has 0 spiro atoms. The van der Waals surface area contributed by atoms with Crippen LogP contribution in [0.3, 0.4) is 0 Å². The van der Waals surface area contributed by atoms with Gasteiger partial charge in [0.25, 0.3) is 0 Å². The molecule has 182 valence electrons. The fraction of sp³-hybridized carbons (Fsp3) is 0.500. The zero-order valence-corrected chi connectivity index (χ0v) is 18.6. The highest BCUT2D eigenvalue weighted by molar-refractivity contribution is 5.79. The molecule has 0 N–H and O–H groups in total. The fourth-order valence-corrected chi connectivity index (χ4v) is 4.70. The molecule has 3 aliphatic heterocycles. The van der Waals surface area contributed by atoms with E-state index in [0.29, 0.717) is 62.3 Å². The maximum atomic E-state index is 13.2. The number of amides is 1. The van der Waals surface area contributed by atoms with Crippen molar-refractivity contribution in [1.82, 2.24) is 9.88 Å². The van der Waals surface area contributed by atoms with Gasteiger partial charge in [0.15, 0.2) is 0 Å². The molecular formula is C24H26F3N3O4. The smallest absolute Gasteiger partial charge is 0.433 e. The molecule has 1 aromatic carbocycles. The van der Waals surface area contributed by atoms with Crippen molar-refractivity contribution in [2.45, 2.75) is 31.5 Å². The molecule has 3 aliphatic rings. The first kappa shape index (κ1) is 22.8. The number of anilines is 2. The fourth-order valence-electron chi connectivity index (χ4n) is 4.70. The molecule has 2 fully saturated rings. The minimum atomic E-state index is -4.52. The van der Waals surface area contributed by atoms with Crippen molar-refractivity contribution < 1.29 is 32.2 Å². The number of pyridine rings is 1. The Morgan fingerprint density at radius 1 is 1.06 bits per heavy atom. The largest absolute Gasteiger partial charge is 0.490 e. The molecule has 0 aliphatic carbocycles. The number of aromatic nitrogens is 1. The van der Waals surface area contributed by atoms with Gasteiger partial charge in [0.05, 0.1) is 18.8 Å². The van der Waals surface area contributed by atoms with E-state index in [9.17, 15) is 18.0 Å². The molecule has 1 amide bonds. The number of hydrogen-bond acceptors (Lipinski definition) is 6. The summed E-state index contributed by atoms with van der Waals surface area (Å²) in [5.74, 6) is 1.35. The lowest BCUT2D eigenvalue weighted by atomic mass is 9.99. The first-order valence-corrected chi connectivity index (χ1v) is 11.5. The average Bonchev–Trinajstić information content (AvgIpc) is 3.31. The summed E-state index contributed by atoms with van der Waals surface area (Å²) < 4.78 is 56.8. The van der Waals surface area contributed by atoms with E-state index in [-0.39, 0.29) is 17.9 Å². The third kappa shape index (κ3) is 4.77. The molecule has 0 radical (unpaired) electrons. The van der Waals surface area contributed by atoms with Crippen LogP contribution in [0.4, 0.5) is 24.5 Å². The summed E-state index contributed by atoms with van der Waals surface area (Å²) in [6, 6.07) is 7.93. The number of halogens is 3. The Kier molecular flexibility index (Phi) is 6.24. The molecule has 0 bridgehead atoms. The molecule has 0 saturated carbocycles. The third-order valence-corrected chi connectivity index (χ3v) is 6.47. The number of fused-ring (bicyclic) bond motifs is 1. The molecule has 5 rings (SSSR count). The number of hydrogen-bond donors (Lipinski definition) is 0. The van der Waals surface area contributed by atoms with Crippen LogP contribution in [0.5, 0.6) is 11.5 Å². The summed E-state index contributed by atoms with van der Waals surface area (Å²) in [7, 11) is 0. The summed E-state index contributed by atoms with van der Waals surface area (Å²) in [4.78, 5) is 19.9. The molecule has 7 nitrogen and oxygen atoms in total. The van der Waals surface area contributed by atoms with Crippen molar-refractivity contribution in [1.29, 1.82) is 0 Å². The Labute approximate surface area is 195 Å². The minimum absolute atomic E-state index is 0.0175. The molecule has 34 heavy (non-hydrogen) atoms. The van der Waals surface area contributed by atoms with Gasteiger partial charge in [-0.05, 0) is 37.1 Å². The number of benzene rings is 1. The summed E-state index contributed by atoms with van der Waals surface area (Å²) in [5.41, 5.74) is 0.0834. The normalized spacial score (nSPS) is 21.2. The number of likely N-dealkylation sites (tertiary alicyclic amines) is 1. The molecule has 1 aromatic heterocycles. The van der Waals surface area contributed by atoms with Gasteiger partial charge in [0.2, 0.25) is 5.91 Å². The predicted octanol–water partition coefficient (Wildman–Crippen LogP) is 4.04. The van der Waals surface area contributed by atoms with E-state index in [1.165, 1.54) is 0 Å². The van der Waals surface area contributed by atoms with Gasteiger partial charge in [0, 0.05) is 50.0 Å².